The molecule has 1 rings (SSSR count). The second-order valence-electron chi connectivity index (χ2n) is 4.71. The van der Waals surface area contributed by atoms with Gasteiger partial charge in [-0.05, 0) is 32.7 Å². The number of piperidine rings is 1. The van der Waals surface area contributed by atoms with E-state index >= 15 is 0 Å². The molecular formula is C11H23ClN2O3S. The third kappa shape index (κ3) is 5.12. The summed E-state index contributed by atoms with van der Waals surface area (Å²) in [6.07, 6.45) is 2.93. The minimum atomic E-state index is -3.00. The van der Waals surface area contributed by atoms with Crippen molar-refractivity contribution in [2.24, 2.45) is 0 Å². The molecule has 1 saturated heterocycles. The van der Waals surface area contributed by atoms with Crippen LogP contribution in [0.5, 0.6) is 0 Å². The average Bonchev–Trinajstić information content (AvgIpc) is 2.29. The molecule has 7 heteroatoms. The van der Waals surface area contributed by atoms with Crippen molar-refractivity contribution in [2.75, 3.05) is 24.6 Å². The van der Waals surface area contributed by atoms with Crippen molar-refractivity contribution in [3.8, 4) is 0 Å². The van der Waals surface area contributed by atoms with E-state index in [1.807, 2.05) is 6.92 Å². The molecule has 2 N–H and O–H groups in total. The molecule has 1 aliphatic rings. The van der Waals surface area contributed by atoms with Crippen LogP contribution >= 0.6 is 12.4 Å². The molecule has 0 aromatic rings. The molecule has 0 spiro atoms. The lowest BCUT2D eigenvalue weighted by Crippen LogP contribution is -2.57. The Morgan fingerprint density at radius 2 is 2.06 bits per heavy atom. The summed E-state index contributed by atoms with van der Waals surface area (Å²) in [6, 6.07) is 0. The zero-order valence-electron chi connectivity index (χ0n) is 11.0. The number of hydrogen-bond acceptors (Lipinski definition) is 4. The second-order valence-corrected chi connectivity index (χ2v) is 7.18. The molecule has 0 saturated carbocycles. The van der Waals surface area contributed by atoms with Gasteiger partial charge in [-0.15, -0.1) is 12.4 Å². The van der Waals surface area contributed by atoms with E-state index in [9.17, 15) is 13.2 Å². The number of rotatable bonds is 5. The van der Waals surface area contributed by atoms with Crippen LogP contribution in [0.4, 0.5) is 0 Å². The quantitative estimate of drug-likeness (QED) is 0.775. The maximum atomic E-state index is 11.9. The number of sulfone groups is 1. The minimum absolute atomic E-state index is 0. The van der Waals surface area contributed by atoms with Gasteiger partial charge in [0.15, 0.2) is 9.84 Å². The normalized spacial score (nSPS) is 24.1. The van der Waals surface area contributed by atoms with E-state index in [4.69, 9.17) is 0 Å². The number of carbonyl (C=O) groups excluding carboxylic acids is 1. The Morgan fingerprint density at radius 3 is 2.56 bits per heavy atom. The molecule has 0 aromatic carbocycles. The van der Waals surface area contributed by atoms with Gasteiger partial charge in [0.25, 0.3) is 0 Å². The molecule has 0 aliphatic carbocycles. The van der Waals surface area contributed by atoms with Gasteiger partial charge in [-0.2, -0.15) is 0 Å². The largest absolute Gasteiger partial charge is 0.353 e. The van der Waals surface area contributed by atoms with Gasteiger partial charge in [0, 0.05) is 12.3 Å². The molecule has 1 heterocycles. The summed E-state index contributed by atoms with van der Waals surface area (Å²) in [5, 5.41) is 5.90. The molecular weight excluding hydrogens is 276 g/mol. The Bertz CT molecular complexity index is 364. The maximum Gasteiger partial charge on any atom is 0.240 e. The molecule has 108 valence electrons. The van der Waals surface area contributed by atoms with Crippen LogP contribution in [0.1, 0.15) is 33.1 Å². The topological polar surface area (TPSA) is 75.3 Å². The molecule has 1 atom stereocenters. The highest BCUT2D eigenvalue weighted by Crippen LogP contribution is 2.18. The molecule has 1 fully saturated rings. The minimum Gasteiger partial charge on any atom is -0.353 e. The summed E-state index contributed by atoms with van der Waals surface area (Å²) in [5.41, 5.74) is -0.534. The average molecular weight is 299 g/mol. The first-order valence-electron chi connectivity index (χ1n) is 6.13. The van der Waals surface area contributed by atoms with Crippen LogP contribution in [0.2, 0.25) is 0 Å². The van der Waals surface area contributed by atoms with E-state index in [1.54, 1.807) is 6.92 Å². The Hall–Kier alpha value is -0.330. The highest BCUT2D eigenvalue weighted by Gasteiger charge is 2.33. The summed E-state index contributed by atoms with van der Waals surface area (Å²) >= 11 is 0. The Labute approximate surface area is 115 Å². The van der Waals surface area contributed by atoms with E-state index < -0.39 is 15.4 Å². The summed E-state index contributed by atoms with van der Waals surface area (Å²) in [7, 11) is -3.00. The fourth-order valence-corrected chi connectivity index (χ4v) is 2.61. The molecule has 1 unspecified atom stereocenters. The van der Waals surface area contributed by atoms with Crippen molar-refractivity contribution in [3.63, 3.8) is 0 Å². The smallest absolute Gasteiger partial charge is 0.240 e. The van der Waals surface area contributed by atoms with Gasteiger partial charge in [0.2, 0.25) is 5.91 Å². The standard InChI is InChI=1S/C11H22N2O3S.ClH/c1-3-17(15,16)9-8-12-10(14)11(2)6-4-5-7-13-11;/h13H,3-9H2,1-2H3,(H,12,14);1H. The maximum absolute atomic E-state index is 11.9. The predicted molar refractivity (Wildman–Crippen MR) is 74.8 cm³/mol. The van der Waals surface area contributed by atoms with Crippen LogP contribution in [-0.4, -0.2) is 44.5 Å². The van der Waals surface area contributed by atoms with E-state index in [0.29, 0.717) is 0 Å². The summed E-state index contributed by atoms with van der Waals surface area (Å²) < 4.78 is 22.5. The Morgan fingerprint density at radius 1 is 1.39 bits per heavy atom. The van der Waals surface area contributed by atoms with E-state index in [2.05, 4.69) is 10.6 Å². The zero-order valence-corrected chi connectivity index (χ0v) is 12.6. The van der Waals surface area contributed by atoms with Gasteiger partial charge in [-0.3, -0.25) is 4.79 Å². The van der Waals surface area contributed by atoms with Crippen LogP contribution in [-0.2, 0) is 14.6 Å². The van der Waals surface area contributed by atoms with Gasteiger partial charge in [-0.1, -0.05) is 6.92 Å². The number of halogens is 1. The third-order valence-corrected chi connectivity index (χ3v) is 4.96. The van der Waals surface area contributed by atoms with Gasteiger partial charge < -0.3 is 10.6 Å². The number of nitrogens with one attached hydrogen (secondary N) is 2. The van der Waals surface area contributed by atoms with Crippen LogP contribution in [0.25, 0.3) is 0 Å². The lowest BCUT2D eigenvalue weighted by molar-refractivity contribution is -0.127. The monoisotopic (exact) mass is 298 g/mol. The van der Waals surface area contributed by atoms with Crippen LogP contribution in [0, 0.1) is 0 Å². The second kappa shape index (κ2) is 7.31. The highest BCUT2D eigenvalue weighted by atomic mass is 35.5. The highest BCUT2D eigenvalue weighted by molar-refractivity contribution is 7.91. The lowest BCUT2D eigenvalue weighted by atomic mass is 9.90. The lowest BCUT2D eigenvalue weighted by Gasteiger charge is -2.33. The molecule has 0 radical (unpaired) electrons. The third-order valence-electron chi connectivity index (χ3n) is 3.26. The van der Waals surface area contributed by atoms with Crippen molar-refractivity contribution in [1.29, 1.82) is 0 Å². The SMILES string of the molecule is CCS(=O)(=O)CCNC(=O)C1(C)CCCCN1.Cl. The number of hydrogen-bond donors (Lipinski definition) is 2. The van der Waals surface area contributed by atoms with Gasteiger partial charge in [0.05, 0.1) is 11.3 Å². The summed E-state index contributed by atoms with van der Waals surface area (Å²) in [4.78, 5) is 11.9. The van der Waals surface area contributed by atoms with Crippen molar-refractivity contribution < 1.29 is 13.2 Å². The first-order valence-corrected chi connectivity index (χ1v) is 7.95. The van der Waals surface area contributed by atoms with E-state index in [-0.39, 0.29) is 36.4 Å². The molecule has 0 aromatic heterocycles. The van der Waals surface area contributed by atoms with Crippen LogP contribution in [0.15, 0.2) is 0 Å². The van der Waals surface area contributed by atoms with Gasteiger partial charge in [0.1, 0.15) is 0 Å². The summed E-state index contributed by atoms with van der Waals surface area (Å²) in [5.74, 6) is 0.0486. The van der Waals surface area contributed by atoms with Crippen molar-refractivity contribution in [1.82, 2.24) is 10.6 Å². The Kier molecular flexibility index (Phi) is 7.17. The molecule has 1 amide bonds. The number of amides is 1. The van der Waals surface area contributed by atoms with Crippen molar-refractivity contribution in [3.05, 3.63) is 0 Å². The van der Waals surface area contributed by atoms with Crippen LogP contribution < -0.4 is 10.6 Å². The van der Waals surface area contributed by atoms with Gasteiger partial charge >= 0.3 is 0 Å². The van der Waals surface area contributed by atoms with E-state index in [1.165, 1.54) is 0 Å². The van der Waals surface area contributed by atoms with Crippen molar-refractivity contribution in [2.45, 2.75) is 38.6 Å². The molecule has 0 bridgehead atoms. The zero-order chi connectivity index (χ0) is 12.9. The molecule has 1 aliphatic heterocycles. The first kappa shape index (κ1) is 17.7. The fourth-order valence-electron chi connectivity index (χ4n) is 1.91. The van der Waals surface area contributed by atoms with Gasteiger partial charge in [-0.25, -0.2) is 8.42 Å². The van der Waals surface area contributed by atoms with Crippen molar-refractivity contribution >= 4 is 28.2 Å². The fraction of sp³-hybridized carbons (Fsp3) is 0.909. The Balaban J connectivity index is 0.00000289. The number of carbonyl (C=O) groups is 1. The van der Waals surface area contributed by atoms with Crippen LogP contribution in [0.3, 0.4) is 0 Å². The molecule has 18 heavy (non-hydrogen) atoms. The molecule has 5 nitrogen and oxygen atoms in total. The predicted octanol–water partition coefficient (Wildman–Crippen LogP) is 0.491. The first-order chi connectivity index (χ1) is 7.90. The van der Waals surface area contributed by atoms with E-state index in [0.717, 1.165) is 25.8 Å². The summed E-state index contributed by atoms with van der Waals surface area (Å²) in [6.45, 7) is 4.53.